The van der Waals surface area contributed by atoms with E-state index in [2.05, 4.69) is 62.7 Å². The first-order valence-electron chi connectivity index (χ1n) is 7.62. The van der Waals surface area contributed by atoms with E-state index in [1.54, 1.807) is 0 Å². The van der Waals surface area contributed by atoms with Crippen LogP contribution in [0, 0.1) is 13.8 Å². The van der Waals surface area contributed by atoms with Gasteiger partial charge in [0.25, 0.3) is 0 Å². The normalized spacial score (nSPS) is 22.9. The summed E-state index contributed by atoms with van der Waals surface area (Å²) in [6.07, 6.45) is 1.21. The van der Waals surface area contributed by atoms with Crippen LogP contribution < -0.4 is 5.32 Å². The van der Waals surface area contributed by atoms with Crippen molar-refractivity contribution < 1.29 is 0 Å². The average molecular weight is 318 g/mol. The number of thiophene rings is 1. The van der Waals surface area contributed by atoms with Crippen LogP contribution in [0.1, 0.15) is 54.6 Å². The fraction of sp³-hybridized carbons (Fsp3) is 0.444. The molecule has 21 heavy (non-hydrogen) atoms. The fourth-order valence-corrected chi connectivity index (χ4v) is 5.69. The Morgan fingerprint density at radius 3 is 2.86 bits per heavy atom. The largest absolute Gasteiger partial charge is 0.303 e. The van der Waals surface area contributed by atoms with Crippen molar-refractivity contribution in [2.24, 2.45) is 0 Å². The molecule has 3 rings (SSSR count). The number of hydrogen-bond acceptors (Lipinski definition) is 3. The Bertz CT molecular complexity index is 632. The van der Waals surface area contributed by atoms with Crippen LogP contribution in [0.2, 0.25) is 0 Å². The lowest BCUT2D eigenvalue weighted by atomic mass is 9.97. The van der Waals surface area contributed by atoms with Crippen LogP contribution in [0.5, 0.6) is 0 Å². The van der Waals surface area contributed by atoms with Gasteiger partial charge in [-0.3, -0.25) is 0 Å². The monoisotopic (exact) mass is 317 g/mol. The number of nitrogens with one attached hydrogen (secondary N) is 1. The van der Waals surface area contributed by atoms with E-state index in [4.69, 9.17) is 0 Å². The highest BCUT2D eigenvalue weighted by Crippen LogP contribution is 2.44. The van der Waals surface area contributed by atoms with E-state index in [0.717, 1.165) is 0 Å². The predicted octanol–water partition coefficient (Wildman–Crippen LogP) is 5.64. The van der Waals surface area contributed by atoms with Crippen molar-refractivity contribution in [2.75, 3.05) is 0 Å². The van der Waals surface area contributed by atoms with E-state index in [9.17, 15) is 0 Å². The molecule has 1 aromatic carbocycles. The van der Waals surface area contributed by atoms with Gasteiger partial charge in [-0.15, -0.1) is 23.1 Å². The van der Waals surface area contributed by atoms with Crippen LogP contribution in [-0.2, 0) is 0 Å². The smallest absolute Gasteiger partial charge is 0.0649 e. The zero-order valence-electron chi connectivity index (χ0n) is 13.1. The molecule has 2 aromatic rings. The Kier molecular flexibility index (Phi) is 4.43. The van der Waals surface area contributed by atoms with Gasteiger partial charge >= 0.3 is 0 Å². The van der Waals surface area contributed by atoms with Crippen molar-refractivity contribution in [2.45, 2.75) is 55.7 Å². The number of fused-ring (bicyclic) bond motifs is 1. The lowest BCUT2D eigenvalue weighted by Gasteiger charge is -2.31. The summed E-state index contributed by atoms with van der Waals surface area (Å²) in [7, 11) is 0. The van der Waals surface area contributed by atoms with Crippen LogP contribution in [0.4, 0.5) is 0 Å². The van der Waals surface area contributed by atoms with Gasteiger partial charge in [-0.25, -0.2) is 0 Å². The molecule has 0 amide bonds. The molecule has 1 aliphatic heterocycles. The quantitative estimate of drug-likeness (QED) is 0.786. The van der Waals surface area contributed by atoms with Gasteiger partial charge in [-0.2, -0.15) is 0 Å². The lowest BCUT2D eigenvalue weighted by Crippen LogP contribution is -2.29. The molecule has 0 fully saturated rings. The molecule has 3 heteroatoms. The van der Waals surface area contributed by atoms with Gasteiger partial charge in [-0.05, 0) is 55.3 Å². The average Bonchev–Trinajstić information content (AvgIpc) is 2.89. The SMILES string of the molecule is Cc1ccc(C)c(C(C)NC2C[C@H](C)Sc3sccc32)c1. The van der Waals surface area contributed by atoms with Crippen LogP contribution >= 0.6 is 23.1 Å². The maximum atomic E-state index is 3.87. The summed E-state index contributed by atoms with van der Waals surface area (Å²) >= 11 is 3.91. The van der Waals surface area contributed by atoms with Gasteiger partial charge in [-0.1, -0.05) is 30.7 Å². The third-order valence-corrected chi connectivity index (χ3v) is 6.61. The molecule has 0 saturated heterocycles. The van der Waals surface area contributed by atoms with Gasteiger partial charge in [0.2, 0.25) is 0 Å². The molecule has 1 aliphatic rings. The first-order chi connectivity index (χ1) is 10.0. The highest BCUT2D eigenvalue weighted by atomic mass is 32.2. The minimum absolute atomic E-state index is 0.387. The molecule has 112 valence electrons. The molecule has 1 N–H and O–H groups in total. The van der Waals surface area contributed by atoms with E-state index in [1.165, 1.54) is 32.9 Å². The number of aryl methyl sites for hydroxylation is 2. The molecule has 1 nitrogen and oxygen atoms in total. The number of benzene rings is 1. The summed E-state index contributed by atoms with van der Waals surface area (Å²) < 4.78 is 1.50. The van der Waals surface area contributed by atoms with Crippen LogP contribution in [0.25, 0.3) is 0 Å². The van der Waals surface area contributed by atoms with E-state index in [0.29, 0.717) is 17.3 Å². The van der Waals surface area contributed by atoms with Gasteiger partial charge in [0, 0.05) is 17.3 Å². The minimum atomic E-state index is 0.387. The van der Waals surface area contributed by atoms with Crippen molar-refractivity contribution >= 4 is 23.1 Å². The van der Waals surface area contributed by atoms with Crippen LogP contribution in [0.15, 0.2) is 33.9 Å². The molecule has 0 spiro atoms. The first kappa shape index (κ1) is 15.1. The molecule has 2 unspecified atom stereocenters. The highest BCUT2D eigenvalue weighted by molar-refractivity contribution is 8.01. The van der Waals surface area contributed by atoms with Crippen molar-refractivity contribution in [1.82, 2.24) is 5.32 Å². The number of thioether (sulfide) groups is 1. The van der Waals surface area contributed by atoms with Gasteiger partial charge in [0.15, 0.2) is 0 Å². The van der Waals surface area contributed by atoms with Crippen molar-refractivity contribution in [1.29, 1.82) is 0 Å². The molecule has 0 radical (unpaired) electrons. The Morgan fingerprint density at radius 2 is 2.05 bits per heavy atom. The standard InChI is InChI=1S/C18H23NS2/c1-11-5-6-12(2)16(9-11)14(4)19-17-10-13(3)21-18-15(17)7-8-20-18/h5-9,13-14,17,19H,10H2,1-4H3/t13-,14?,17?/m0/s1. The zero-order valence-corrected chi connectivity index (χ0v) is 14.8. The maximum Gasteiger partial charge on any atom is 0.0649 e. The molecule has 2 heterocycles. The van der Waals surface area contributed by atoms with Gasteiger partial charge < -0.3 is 5.32 Å². The van der Waals surface area contributed by atoms with Crippen LogP contribution in [0.3, 0.4) is 0 Å². The second-order valence-corrected chi connectivity index (χ2v) is 8.75. The molecule has 0 saturated carbocycles. The molecule has 0 bridgehead atoms. The molecule has 1 aromatic heterocycles. The van der Waals surface area contributed by atoms with Gasteiger partial charge in [0.05, 0.1) is 4.21 Å². The second kappa shape index (κ2) is 6.15. The van der Waals surface area contributed by atoms with E-state index < -0.39 is 0 Å². The second-order valence-electron chi connectivity index (χ2n) is 6.13. The van der Waals surface area contributed by atoms with E-state index >= 15 is 0 Å². The van der Waals surface area contributed by atoms with Crippen molar-refractivity contribution in [3.8, 4) is 0 Å². The maximum absolute atomic E-state index is 3.87. The minimum Gasteiger partial charge on any atom is -0.303 e. The summed E-state index contributed by atoms with van der Waals surface area (Å²) in [5.41, 5.74) is 5.65. The topological polar surface area (TPSA) is 12.0 Å². The number of hydrogen-bond donors (Lipinski definition) is 1. The highest BCUT2D eigenvalue weighted by Gasteiger charge is 2.27. The fourth-order valence-electron chi connectivity index (χ4n) is 3.12. The molecular weight excluding hydrogens is 294 g/mol. The molecular formula is C18H23NS2. The third-order valence-electron chi connectivity index (χ3n) is 4.26. The van der Waals surface area contributed by atoms with E-state index in [1.807, 2.05) is 23.1 Å². The third kappa shape index (κ3) is 3.20. The molecule has 0 aliphatic carbocycles. The van der Waals surface area contributed by atoms with Crippen LogP contribution in [-0.4, -0.2) is 5.25 Å². The summed E-state index contributed by atoms with van der Waals surface area (Å²) in [6, 6.07) is 9.92. The Balaban J connectivity index is 1.82. The molecule has 3 atom stereocenters. The summed E-state index contributed by atoms with van der Waals surface area (Å²) in [6.45, 7) is 9.01. The summed E-state index contributed by atoms with van der Waals surface area (Å²) in [4.78, 5) is 0. The van der Waals surface area contributed by atoms with Crippen molar-refractivity contribution in [3.63, 3.8) is 0 Å². The van der Waals surface area contributed by atoms with Crippen molar-refractivity contribution in [3.05, 3.63) is 51.9 Å². The summed E-state index contributed by atoms with van der Waals surface area (Å²) in [5.74, 6) is 0. The lowest BCUT2D eigenvalue weighted by molar-refractivity contribution is 0.434. The zero-order chi connectivity index (χ0) is 15.0. The Hall–Kier alpha value is -0.770. The Morgan fingerprint density at radius 1 is 1.24 bits per heavy atom. The Labute approximate surface area is 136 Å². The first-order valence-corrected chi connectivity index (χ1v) is 9.37. The predicted molar refractivity (Wildman–Crippen MR) is 94.5 cm³/mol. The van der Waals surface area contributed by atoms with Gasteiger partial charge in [0.1, 0.15) is 0 Å². The van der Waals surface area contributed by atoms with E-state index in [-0.39, 0.29) is 0 Å². The summed E-state index contributed by atoms with van der Waals surface area (Å²) in [5, 5.41) is 6.79. The number of rotatable bonds is 3.